The molecule has 2 rings (SSSR count). The van der Waals surface area contributed by atoms with E-state index in [4.69, 9.17) is 0 Å². The predicted molar refractivity (Wildman–Crippen MR) is 49.9 cm³/mol. The number of nitrogens with zero attached hydrogens (tertiary/aromatic N) is 2. The Balaban J connectivity index is 2.80. The number of ketones is 1. The molecule has 0 aliphatic carbocycles. The monoisotopic (exact) mass is 174 g/mol. The maximum absolute atomic E-state index is 11.2. The minimum atomic E-state index is 0.0908. The maximum atomic E-state index is 11.2. The largest absolute Gasteiger partial charge is 0.303 e. The van der Waals surface area contributed by atoms with E-state index in [1.165, 1.54) is 0 Å². The van der Waals surface area contributed by atoms with Gasteiger partial charge in [0.25, 0.3) is 0 Å². The summed E-state index contributed by atoms with van der Waals surface area (Å²) in [7, 11) is 0. The highest BCUT2D eigenvalue weighted by atomic mass is 16.1. The van der Waals surface area contributed by atoms with Gasteiger partial charge in [-0.3, -0.25) is 4.79 Å². The van der Waals surface area contributed by atoms with Crippen molar-refractivity contribution in [2.24, 2.45) is 0 Å². The summed E-state index contributed by atoms with van der Waals surface area (Å²) in [5.74, 6) is 0.0908. The van der Waals surface area contributed by atoms with Gasteiger partial charge in [0.15, 0.2) is 5.78 Å². The molecule has 0 aliphatic heterocycles. The highest BCUT2D eigenvalue weighted by Crippen LogP contribution is 2.12. The zero-order valence-corrected chi connectivity index (χ0v) is 7.61. The Bertz CT molecular complexity index is 471. The third kappa shape index (κ3) is 1.13. The second-order valence-electron chi connectivity index (χ2n) is 3.08. The van der Waals surface area contributed by atoms with E-state index in [-0.39, 0.29) is 5.78 Å². The minimum Gasteiger partial charge on any atom is -0.303 e. The van der Waals surface area contributed by atoms with E-state index in [0.29, 0.717) is 0 Å². The summed E-state index contributed by atoms with van der Waals surface area (Å²) in [6.45, 7) is 3.50. The average Bonchev–Trinajstić information content (AvgIpc) is 2.52. The van der Waals surface area contributed by atoms with Crippen LogP contribution < -0.4 is 0 Å². The first kappa shape index (κ1) is 7.98. The standard InChI is InChI=1S/C10H10N2O/c1-7-10(8(2)13)4-3-9-5-11-6-12(7)9/h3-6H,1-2H3. The second-order valence-corrected chi connectivity index (χ2v) is 3.08. The smallest absolute Gasteiger partial charge is 0.161 e. The number of carbonyl (C=O) groups excluding carboxylic acids is 1. The molecule has 3 heteroatoms. The Morgan fingerprint density at radius 3 is 2.92 bits per heavy atom. The van der Waals surface area contributed by atoms with Crippen LogP contribution in [0.3, 0.4) is 0 Å². The lowest BCUT2D eigenvalue weighted by Gasteiger charge is -2.04. The SMILES string of the molecule is CC(=O)c1ccc2cncn2c1C. The van der Waals surface area contributed by atoms with Crippen molar-refractivity contribution in [1.82, 2.24) is 9.38 Å². The summed E-state index contributed by atoms with van der Waals surface area (Å²) in [4.78, 5) is 15.2. The number of carbonyl (C=O) groups is 1. The number of hydrogen-bond donors (Lipinski definition) is 0. The molecule has 2 heterocycles. The van der Waals surface area contributed by atoms with Crippen molar-refractivity contribution >= 4 is 11.3 Å². The van der Waals surface area contributed by atoms with E-state index < -0.39 is 0 Å². The van der Waals surface area contributed by atoms with Crippen molar-refractivity contribution in [3.63, 3.8) is 0 Å². The zero-order valence-electron chi connectivity index (χ0n) is 7.61. The lowest BCUT2D eigenvalue weighted by Crippen LogP contribution is -2.01. The van der Waals surface area contributed by atoms with Crippen LogP contribution in [0.4, 0.5) is 0 Å². The van der Waals surface area contributed by atoms with Crippen LogP contribution >= 0.6 is 0 Å². The van der Waals surface area contributed by atoms with E-state index in [1.54, 1.807) is 19.4 Å². The Labute approximate surface area is 76.0 Å². The maximum Gasteiger partial charge on any atom is 0.161 e. The van der Waals surface area contributed by atoms with E-state index in [9.17, 15) is 4.79 Å². The molecule has 0 saturated carbocycles. The first-order chi connectivity index (χ1) is 6.20. The molecule has 0 spiro atoms. The fourth-order valence-electron chi connectivity index (χ4n) is 1.50. The average molecular weight is 174 g/mol. The van der Waals surface area contributed by atoms with Gasteiger partial charge < -0.3 is 4.40 Å². The van der Waals surface area contributed by atoms with Crippen LogP contribution in [0.25, 0.3) is 5.52 Å². The number of hydrogen-bond acceptors (Lipinski definition) is 2. The molecule has 0 bridgehead atoms. The summed E-state index contributed by atoms with van der Waals surface area (Å²) in [6, 6.07) is 3.74. The quantitative estimate of drug-likeness (QED) is 0.618. The molecular formula is C10H10N2O. The molecule has 0 saturated heterocycles. The Morgan fingerprint density at radius 2 is 2.23 bits per heavy atom. The molecule has 0 N–H and O–H groups in total. The predicted octanol–water partition coefficient (Wildman–Crippen LogP) is 1.85. The first-order valence-electron chi connectivity index (χ1n) is 4.13. The topological polar surface area (TPSA) is 34.4 Å². The van der Waals surface area contributed by atoms with Crippen molar-refractivity contribution in [2.75, 3.05) is 0 Å². The molecular weight excluding hydrogens is 164 g/mol. The molecule has 0 aliphatic rings. The Hall–Kier alpha value is -1.64. The zero-order chi connectivity index (χ0) is 9.42. The van der Waals surface area contributed by atoms with E-state index in [1.807, 2.05) is 23.5 Å². The third-order valence-corrected chi connectivity index (χ3v) is 2.22. The highest BCUT2D eigenvalue weighted by Gasteiger charge is 2.06. The van der Waals surface area contributed by atoms with Crippen molar-refractivity contribution in [3.8, 4) is 0 Å². The van der Waals surface area contributed by atoms with Crippen molar-refractivity contribution < 1.29 is 4.79 Å². The van der Waals surface area contributed by atoms with Crippen molar-refractivity contribution in [3.05, 3.63) is 35.9 Å². The molecule has 0 fully saturated rings. The minimum absolute atomic E-state index is 0.0908. The van der Waals surface area contributed by atoms with Gasteiger partial charge in [0, 0.05) is 11.3 Å². The molecule has 0 amide bonds. The van der Waals surface area contributed by atoms with Gasteiger partial charge >= 0.3 is 0 Å². The number of imidazole rings is 1. The number of aromatic nitrogens is 2. The molecule has 0 aromatic carbocycles. The fourth-order valence-corrected chi connectivity index (χ4v) is 1.50. The molecule has 0 radical (unpaired) electrons. The highest BCUT2D eigenvalue weighted by molar-refractivity contribution is 5.95. The van der Waals surface area contributed by atoms with Crippen LogP contribution in [0, 0.1) is 6.92 Å². The van der Waals surface area contributed by atoms with Gasteiger partial charge in [-0.1, -0.05) is 0 Å². The molecule has 66 valence electrons. The number of pyridine rings is 1. The molecule has 3 nitrogen and oxygen atoms in total. The van der Waals surface area contributed by atoms with Gasteiger partial charge in [0.1, 0.15) is 0 Å². The number of aryl methyl sites for hydroxylation is 1. The first-order valence-corrected chi connectivity index (χ1v) is 4.13. The lowest BCUT2D eigenvalue weighted by molar-refractivity contribution is 0.101. The van der Waals surface area contributed by atoms with E-state index >= 15 is 0 Å². The van der Waals surface area contributed by atoms with Gasteiger partial charge in [-0.2, -0.15) is 0 Å². The summed E-state index contributed by atoms with van der Waals surface area (Å²) in [6.07, 6.45) is 3.49. The number of Topliss-reactive ketones (excluding diaryl/α,β-unsaturated/α-hetero) is 1. The molecule has 2 aromatic rings. The fraction of sp³-hybridized carbons (Fsp3) is 0.200. The summed E-state index contributed by atoms with van der Waals surface area (Å²) < 4.78 is 1.91. The van der Waals surface area contributed by atoms with Gasteiger partial charge in [-0.05, 0) is 26.0 Å². The summed E-state index contributed by atoms with van der Waals surface area (Å²) >= 11 is 0. The van der Waals surface area contributed by atoms with Crippen molar-refractivity contribution in [1.29, 1.82) is 0 Å². The molecule has 0 atom stereocenters. The van der Waals surface area contributed by atoms with Crippen LogP contribution in [-0.2, 0) is 0 Å². The Morgan fingerprint density at radius 1 is 1.46 bits per heavy atom. The van der Waals surface area contributed by atoms with E-state index in [0.717, 1.165) is 16.8 Å². The van der Waals surface area contributed by atoms with Crippen LogP contribution in [0.1, 0.15) is 23.0 Å². The van der Waals surface area contributed by atoms with Crippen LogP contribution in [0.2, 0.25) is 0 Å². The molecule has 0 unspecified atom stereocenters. The van der Waals surface area contributed by atoms with Gasteiger partial charge in [-0.15, -0.1) is 0 Å². The normalized spacial score (nSPS) is 10.6. The van der Waals surface area contributed by atoms with Crippen molar-refractivity contribution in [2.45, 2.75) is 13.8 Å². The molecule has 13 heavy (non-hydrogen) atoms. The molecule has 2 aromatic heterocycles. The third-order valence-electron chi connectivity index (χ3n) is 2.22. The number of rotatable bonds is 1. The van der Waals surface area contributed by atoms with Crippen LogP contribution in [-0.4, -0.2) is 15.2 Å². The Kier molecular flexibility index (Phi) is 1.65. The number of fused-ring (bicyclic) bond motifs is 1. The van der Waals surface area contributed by atoms with Crippen LogP contribution in [0.15, 0.2) is 24.7 Å². The summed E-state index contributed by atoms with van der Waals surface area (Å²) in [5, 5.41) is 0. The van der Waals surface area contributed by atoms with Gasteiger partial charge in [-0.25, -0.2) is 4.98 Å². The van der Waals surface area contributed by atoms with E-state index in [2.05, 4.69) is 4.98 Å². The summed E-state index contributed by atoms with van der Waals surface area (Å²) in [5.41, 5.74) is 2.72. The lowest BCUT2D eigenvalue weighted by atomic mass is 10.1. The van der Waals surface area contributed by atoms with Gasteiger partial charge in [0.2, 0.25) is 0 Å². The van der Waals surface area contributed by atoms with Crippen LogP contribution in [0.5, 0.6) is 0 Å². The second kappa shape index (κ2) is 2.69. The van der Waals surface area contributed by atoms with Gasteiger partial charge in [0.05, 0.1) is 18.0 Å².